The van der Waals surface area contributed by atoms with Gasteiger partial charge < -0.3 is 4.74 Å². The molecule has 0 spiro atoms. The topological polar surface area (TPSA) is 12.5 Å². The molecule has 0 N–H and O–H groups in total. The summed E-state index contributed by atoms with van der Waals surface area (Å²) >= 11 is 0. The number of rotatable bonds is 3. The molecule has 2 aliphatic rings. The molecule has 2 nitrogen and oxygen atoms in total. The molecule has 2 unspecified atom stereocenters. The van der Waals surface area contributed by atoms with E-state index in [4.69, 9.17) is 4.74 Å². The number of hydrogen-bond donors (Lipinski definition) is 0. The number of methoxy groups -OCH3 is 1. The van der Waals surface area contributed by atoms with E-state index in [9.17, 15) is 0 Å². The van der Waals surface area contributed by atoms with Crippen LogP contribution in [0.15, 0.2) is 30.3 Å². The maximum atomic E-state index is 5.21. The van der Waals surface area contributed by atoms with Gasteiger partial charge in [-0.3, -0.25) is 4.90 Å². The molecule has 1 aliphatic heterocycles. The first-order chi connectivity index (χ1) is 8.69. The molecule has 2 atom stereocenters. The Morgan fingerprint density at radius 3 is 2.44 bits per heavy atom. The van der Waals surface area contributed by atoms with Gasteiger partial charge in [-0.1, -0.05) is 18.2 Å². The molecule has 1 aromatic rings. The third kappa shape index (κ3) is 1.85. The highest BCUT2D eigenvalue weighted by molar-refractivity contribution is 5.72. The fourth-order valence-corrected chi connectivity index (χ4v) is 3.33. The van der Waals surface area contributed by atoms with Crippen LogP contribution in [0.25, 0.3) is 5.57 Å². The van der Waals surface area contributed by atoms with Gasteiger partial charge in [0.1, 0.15) is 5.75 Å². The van der Waals surface area contributed by atoms with Crippen molar-refractivity contribution in [2.45, 2.75) is 32.4 Å². The lowest BCUT2D eigenvalue weighted by Crippen LogP contribution is -2.36. The van der Waals surface area contributed by atoms with E-state index in [1.807, 2.05) is 0 Å². The molecule has 2 heteroatoms. The average Bonchev–Trinajstić information content (AvgIpc) is 2.98. The van der Waals surface area contributed by atoms with E-state index in [-0.39, 0.29) is 0 Å². The lowest BCUT2D eigenvalue weighted by atomic mass is 9.95. The number of hydrogen-bond acceptors (Lipinski definition) is 2. The summed E-state index contributed by atoms with van der Waals surface area (Å²) < 4.78 is 5.21. The first-order valence-corrected chi connectivity index (χ1v) is 6.81. The predicted octanol–water partition coefficient (Wildman–Crippen LogP) is 3.19. The van der Waals surface area contributed by atoms with Gasteiger partial charge in [-0.25, -0.2) is 0 Å². The monoisotopic (exact) mass is 243 g/mol. The van der Waals surface area contributed by atoms with Gasteiger partial charge in [0.25, 0.3) is 0 Å². The van der Waals surface area contributed by atoms with Gasteiger partial charge in [0.15, 0.2) is 0 Å². The summed E-state index contributed by atoms with van der Waals surface area (Å²) in [5.41, 5.74) is 2.91. The molecular formula is C16H21NO. The average molecular weight is 243 g/mol. The second kappa shape index (κ2) is 4.43. The summed E-state index contributed by atoms with van der Waals surface area (Å²) in [6.45, 7) is 5.81. The molecule has 1 saturated heterocycles. The molecule has 3 rings (SSSR count). The minimum Gasteiger partial charge on any atom is -0.497 e. The number of nitrogens with zero attached hydrogens (tertiary/aromatic N) is 1. The largest absolute Gasteiger partial charge is 0.497 e. The number of likely N-dealkylation sites (tertiary alicyclic amines) is 1. The van der Waals surface area contributed by atoms with Crippen molar-refractivity contribution >= 4 is 5.57 Å². The van der Waals surface area contributed by atoms with E-state index < -0.39 is 0 Å². The Balaban J connectivity index is 1.83. The highest BCUT2D eigenvalue weighted by atomic mass is 16.5. The lowest BCUT2D eigenvalue weighted by molar-refractivity contribution is 0.227. The number of fused-ring (bicyclic) bond motifs is 2. The lowest BCUT2D eigenvalue weighted by Gasteiger charge is -2.29. The molecule has 1 aromatic carbocycles. The molecular weight excluding hydrogens is 222 g/mol. The molecule has 2 bridgehead atoms. The van der Waals surface area contributed by atoms with Gasteiger partial charge in [0.2, 0.25) is 0 Å². The molecule has 1 fully saturated rings. The van der Waals surface area contributed by atoms with Gasteiger partial charge in [0, 0.05) is 18.6 Å². The minimum atomic E-state index is 0.659. The van der Waals surface area contributed by atoms with Crippen molar-refractivity contribution in [3.05, 3.63) is 35.9 Å². The highest BCUT2D eigenvalue weighted by Crippen LogP contribution is 2.43. The van der Waals surface area contributed by atoms with Gasteiger partial charge in [-0.05, 0) is 49.5 Å². The van der Waals surface area contributed by atoms with Gasteiger partial charge in [-0.15, -0.1) is 0 Å². The van der Waals surface area contributed by atoms with Crippen molar-refractivity contribution in [3.63, 3.8) is 0 Å². The summed E-state index contributed by atoms with van der Waals surface area (Å²) in [6, 6.07) is 9.81. The summed E-state index contributed by atoms with van der Waals surface area (Å²) in [7, 11) is 1.71. The van der Waals surface area contributed by atoms with E-state index >= 15 is 0 Å². The Bertz CT molecular complexity index is 460. The van der Waals surface area contributed by atoms with E-state index in [0.717, 1.165) is 11.7 Å². The van der Waals surface area contributed by atoms with Crippen LogP contribution in [-0.4, -0.2) is 30.6 Å². The Labute approximate surface area is 109 Å². The quantitative estimate of drug-likeness (QED) is 0.808. The summed E-state index contributed by atoms with van der Waals surface area (Å²) in [5, 5.41) is 0. The summed E-state index contributed by atoms with van der Waals surface area (Å²) in [4.78, 5) is 2.61. The Morgan fingerprint density at radius 1 is 1.22 bits per heavy atom. The van der Waals surface area contributed by atoms with Crippen LogP contribution < -0.4 is 4.74 Å². The van der Waals surface area contributed by atoms with Crippen LogP contribution >= 0.6 is 0 Å². The fourth-order valence-electron chi connectivity index (χ4n) is 3.33. The van der Waals surface area contributed by atoms with Crippen LogP contribution in [0.4, 0.5) is 0 Å². The zero-order valence-electron chi connectivity index (χ0n) is 11.4. The van der Waals surface area contributed by atoms with E-state index in [1.54, 1.807) is 12.7 Å². The van der Waals surface area contributed by atoms with Gasteiger partial charge in [0.05, 0.1) is 7.11 Å². The number of ether oxygens (including phenoxy) is 1. The van der Waals surface area contributed by atoms with E-state index in [2.05, 4.69) is 49.1 Å². The molecule has 96 valence electrons. The second-order valence-corrected chi connectivity index (χ2v) is 5.64. The smallest absolute Gasteiger partial charge is 0.118 e. The maximum Gasteiger partial charge on any atom is 0.118 e. The van der Waals surface area contributed by atoms with Crippen molar-refractivity contribution in [1.82, 2.24) is 4.90 Å². The van der Waals surface area contributed by atoms with Crippen LogP contribution in [0, 0.1) is 5.92 Å². The Hall–Kier alpha value is -1.28. The molecule has 0 aromatic heterocycles. The standard InChI is InChI=1S/C16H21NO/c1-11(2)17-10-13-8-14(17)9-16(13)12-4-6-15(18-3)7-5-12/h4-7,9,11,13-14H,8,10H2,1-3H3. The highest BCUT2D eigenvalue weighted by Gasteiger charge is 2.39. The Kier molecular flexibility index (Phi) is 2.90. The predicted molar refractivity (Wildman–Crippen MR) is 74.7 cm³/mol. The van der Waals surface area contributed by atoms with Crippen LogP contribution in [0.3, 0.4) is 0 Å². The normalized spacial score (nSPS) is 26.8. The SMILES string of the molecule is COc1ccc(C2=CC3CC2CN3C(C)C)cc1. The van der Waals surface area contributed by atoms with Gasteiger partial charge in [-0.2, -0.15) is 0 Å². The van der Waals surface area contributed by atoms with Gasteiger partial charge >= 0.3 is 0 Å². The molecule has 18 heavy (non-hydrogen) atoms. The van der Waals surface area contributed by atoms with Crippen LogP contribution in [0.2, 0.25) is 0 Å². The second-order valence-electron chi connectivity index (χ2n) is 5.64. The van der Waals surface area contributed by atoms with E-state index in [1.165, 1.54) is 18.5 Å². The van der Waals surface area contributed by atoms with Crippen molar-refractivity contribution in [1.29, 1.82) is 0 Å². The third-order valence-corrected chi connectivity index (χ3v) is 4.28. The summed E-state index contributed by atoms with van der Waals surface area (Å²) in [5.74, 6) is 1.66. The fraction of sp³-hybridized carbons (Fsp3) is 0.500. The molecule has 0 saturated carbocycles. The maximum absolute atomic E-state index is 5.21. The molecule has 0 radical (unpaired) electrons. The van der Waals surface area contributed by atoms with Crippen molar-refractivity contribution in [2.75, 3.05) is 13.7 Å². The van der Waals surface area contributed by atoms with Crippen molar-refractivity contribution < 1.29 is 4.74 Å². The van der Waals surface area contributed by atoms with Crippen LogP contribution in [0.1, 0.15) is 25.8 Å². The van der Waals surface area contributed by atoms with Crippen molar-refractivity contribution in [2.24, 2.45) is 5.92 Å². The minimum absolute atomic E-state index is 0.659. The van der Waals surface area contributed by atoms with Crippen LogP contribution in [-0.2, 0) is 0 Å². The molecule has 1 aliphatic carbocycles. The third-order valence-electron chi connectivity index (χ3n) is 4.28. The zero-order chi connectivity index (χ0) is 12.7. The molecule has 0 amide bonds. The summed E-state index contributed by atoms with van der Waals surface area (Å²) in [6.07, 6.45) is 3.77. The first kappa shape index (κ1) is 11.8. The molecule has 1 heterocycles. The van der Waals surface area contributed by atoms with Crippen LogP contribution in [0.5, 0.6) is 5.75 Å². The van der Waals surface area contributed by atoms with Crippen molar-refractivity contribution in [3.8, 4) is 5.75 Å². The first-order valence-electron chi connectivity index (χ1n) is 6.81. The Morgan fingerprint density at radius 2 is 1.94 bits per heavy atom. The van der Waals surface area contributed by atoms with E-state index in [0.29, 0.717) is 12.1 Å². The number of benzene rings is 1. The zero-order valence-corrected chi connectivity index (χ0v) is 11.4.